The lowest BCUT2D eigenvalue weighted by Gasteiger charge is -2.00. The summed E-state index contributed by atoms with van der Waals surface area (Å²) in [6, 6.07) is 0. The summed E-state index contributed by atoms with van der Waals surface area (Å²) < 4.78 is 7.53. The van der Waals surface area contributed by atoms with E-state index in [1.165, 1.54) is 6.33 Å². The van der Waals surface area contributed by atoms with E-state index in [0.29, 0.717) is 22.7 Å². The minimum atomic E-state index is 0.494. The summed E-state index contributed by atoms with van der Waals surface area (Å²) in [6.07, 6.45) is 3.21. The van der Waals surface area contributed by atoms with Gasteiger partial charge in [-0.25, -0.2) is 4.98 Å². The molecule has 0 saturated heterocycles. The summed E-state index contributed by atoms with van der Waals surface area (Å²) in [5.41, 5.74) is 1.44. The first-order valence-corrected chi connectivity index (χ1v) is 4.77. The third-order valence-corrected chi connectivity index (χ3v) is 2.35. The number of rotatable bonds is 3. The zero-order chi connectivity index (χ0) is 10.8. The molecule has 0 aromatic carbocycles. The molecule has 0 saturated carbocycles. The molecule has 2 aromatic rings. The molecular weight excluding hydrogens is 212 g/mol. The first-order chi connectivity index (χ1) is 7.27. The largest absolute Gasteiger partial charge is 0.479 e. The Balaban J connectivity index is 2.78. The van der Waals surface area contributed by atoms with E-state index in [1.54, 1.807) is 13.2 Å². The van der Waals surface area contributed by atoms with Crippen molar-refractivity contribution in [1.82, 2.24) is 19.5 Å². The molecule has 78 valence electrons. The van der Waals surface area contributed by atoms with Gasteiger partial charge in [0, 0.05) is 6.54 Å². The number of nitrogens with zero attached hydrogens (tertiary/aromatic N) is 3. The fraction of sp³-hybridized carbons (Fsp3) is 0.222. The predicted molar refractivity (Wildman–Crippen MR) is 59.5 cm³/mol. The van der Waals surface area contributed by atoms with Crippen molar-refractivity contribution in [2.75, 3.05) is 7.11 Å². The van der Waals surface area contributed by atoms with E-state index in [1.807, 2.05) is 4.57 Å². The molecular formula is C9H10N4OS. The fourth-order valence-corrected chi connectivity index (χ4v) is 1.66. The molecule has 1 N–H and O–H groups in total. The topological polar surface area (TPSA) is 55.7 Å². The smallest absolute Gasteiger partial charge is 0.242 e. The zero-order valence-electron chi connectivity index (χ0n) is 8.23. The van der Waals surface area contributed by atoms with Gasteiger partial charge in [0.15, 0.2) is 10.4 Å². The van der Waals surface area contributed by atoms with Gasteiger partial charge in [-0.05, 0) is 12.2 Å². The number of methoxy groups -OCH3 is 1. The molecule has 0 aliphatic carbocycles. The molecule has 0 unspecified atom stereocenters. The number of aromatic nitrogens is 4. The van der Waals surface area contributed by atoms with Gasteiger partial charge in [0.25, 0.3) is 0 Å². The molecule has 2 aromatic heterocycles. The molecule has 5 nitrogen and oxygen atoms in total. The molecule has 0 fully saturated rings. The van der Waals surface area contributed by atoms with Crippen molar-refractivity contribution in [1.29, 1.82) is 0 Å². The van der Waals surface area contributed by atoms with Crippen molar-refractivity contribution in [3.8, 4) is 5.88 Å². The van der Waals surface area contributed by atoms with Crippen molar-refractivity contribution in [2.24, 2.45) is 0 Å². The molecule has 0 aliphatic heterocycles. The summed E-state index contributed by atoms with van der Waals surface area (Å²) >= 11 is 5.16. The highest BCUT2D eigenvalue weighted by Gasteiger charge is 2.09. The van der Waals surface area contributed by atoms with Gasteiger partial charge < -0.3 is 9.72 Å². The van der Waals surface area contributed by atoms with Gasteiger partial charge in [-0.3, -0.25) is 4.57 Å². The number of nitrogens with one attached hydrogen (secondary N) is 1. The number of H-pyrrole nitrogens is 1. The van der Waals surface area contributed by atoms with Crippen LogP contribution in [0.4, 0.5) is 0 Å². The average molecular weight is 222 g/mol. The average Bonchev–Trinajstić information content (AvgIpc) is 2.56. The number of hydrogen-bond acceptors (Lipinski definition) is 4. The maximum Gasteiger partial charge on any atom is 0.242 e. The molecule has 15 heavy (non-hydrogen) atoms. The van der Waals surface area contributed by atoms with Crippen molar-refractivity contribution >= 4 is 23.4 Å². The van der Waals surface area contributed by atoms with Gasteiger partial charge in [0.2, 0.25) is 5.88 Å². The van der Waals surface area contributed by atoms with Crippen LogP contribution in [0.5, 0.6) is 5.88 Å². The number of hydrogen-bond donors (Lipinski definition) is 1. The number of ether oxygens (including phenoxy) is 1. The van der Waals surface area contributed by atoms with Crippen molar-refractivity contribution in [3.05, 3.63) is 23.8 Å². The summed E-state index contributed by atoms with van der Waals surface area (Å²) in [5, 5.41) is 0. The van der Waals surface area contributed by atoms with E-state index in [4.69, 9.17) is 17.0 Å². The monoisotopic (exact) mass is 222 g/mol. The lowest BCUT2D eigenvalue weighted by molar-refractivity contribution is 0.401. The van der Waals surface area contributed by atoms with Crippen LogP contribution in [0, 0.1) is 4.77 Å². The van der Waals surface area contributed by atoms with Gasteiger partial charge in [-0.15, -0.1) is 6.58 Å². The highest BCUT2D eigenvalue weighted by atomic mass is 32.1. The Hall–Kier alpha value is -1.69. The molecule has 2 rings (SSSR count). The molecule has 0 spiro atoms. The quantitative estimate of drug-likeness (QED) is 0.634. The maximum absolute atomic E-state index is 5.16. The first kappa shape index (κ1) is 9.85. The molecule has 0 amide bonds. The Bertz CT molecular complexity index is 557. The number of allylic oxidation sites excluding steroid dienone is 1. The van der Waals surface area contributed by atoms with E-state index in [-0.39, 0.29) is 0 Å². The lowest BCUT2D eigenvalue weighted by atomic mass is 10.5. The molecule has 0 bridgehead atoms. The number of fused-ring (bicyclic) bond motifs is 1. The Morgan fingerprint density at radius 1 is 1.67 bits per heavy atom. The Kier molecular flexibility index (Phi) is 2.51. The van der Waals surface area contributed by atoms with Gasteiger partial charge in [-0.1, -0.05) is 6.08 Å². The van der Waals surface area contributed by atoms with Crippen molar-refractivity contribution in [2.45, 2.75) is 6.54 Å². The second-order valence-electron chi connectivity index (χ2n) is 2.91. The third-order valence-electron chi connectivity index (χ3n) is 2.03. The van der Waals surface area contributed by atoms with Crippen LogP contribution in [0.3, 0.4) is 0 Å². The highest BCUT2D eigenvalue weighted by Crippen LogP contribution is 2.19. The number of imidazole rings is 1. The van der Waals surface area contributed by atoms with Gasteiger partial charge >= 0.3 is 0 Å². The van der Waals surface area contributed by atoms with E-state index in [2.05, 4.69) is 21.5 Å². The summed E-state index contributed by atoms with van der Waals surface area (Å²) in [4.78, 5) is 11.2. The highest BCUT2D eigenvalue weighted by molar-refractivity contribution is 7.71. The van der Waals surface area contributed by atoms with Crippen LogP contribution in [0.25, 0.3) is 11.2 Å². The third kappa shape index (κ3) is 1.52. The lowest BCUT2D eigenvalue weighted by Crippen LogP contribution is -1.97. The molecule has 6 heteroatoms. The Morgan fingerprint density at radius 2 is 2.47 bits per heavy atom. The second-order valence-corrected chi connectivity index (χ2v) is 3.30. The van der Waals surface area contributed by atoms with E-state index >= 15 is 0 Å². The normalized spacial score (nSPS) is 10.5. The maximum atomic E-state index is 5.16. The van der Waals surface area contributed by atoms with Gasteiger partial charge in [0.05, 0.1) is 7.11 Å². The van der Waals surface area contributed by atoms with Crippen LogP contribution < -0.4 is 4.74 Å². The predicted octanol–water partition coefficient (Wildman–Crippen LogP) is 1.68. The number of aromatic amines is 1. The Labute approximate surface area is 91.4 Å². The second kappa shape index (κ2) is 3.82. The summed E-state index contributed by atoms with van der Waals surface area (Å²) in [5.74, 6) is 0.494. The van der Waals surface area contributed by atoms with Gasteiger partial charge in [0.1, 0.15) is 11.8 Å². The minimum absolute atomic E-state index is 0.494. The fourth-order valence-electron chi connectivity index (χ4n) is 1.40. The zero-order valence-corrected chi connectivity index (χ0v) is 9.04. The van der Waals surface area contributed by atoms with E-state index < -0.39 is 0 Å². The van der Waals surface area contributed by atoms with Crippen molar-refractivity contribution < 1.29 is 4.74 Å². The van der Waals surface area contributed by atoms with Crippen LogP contribution in [-0.2, 0) is 6.54 Å². The van der Waals surface area contributed by atoms with Crippen LogP contribution >= 0.6 is 12.2 Å². The minimum Gasteiger partial charge on any atom is -0.479 e. The first-order valence-electron chi connectivity index (χ1n) is 4.36. The standard InChI is InChI=1S/C9H10N4OS/c1-3-4-13-7-6(12-9(13)15)8(14-2)11-5-10-7/h3,5H,1,4H2,2H3,(H,12,15). The molecule has 2 heterocycles. The van der Waals surface area contributed by atoms with Crippen LogP contribution in [0.1, 0.15) is 0 Å². The van der Waals surface area contributed by atoms with Gasteiger partial charge in [-0.2, -0.15) is 4.98 Å². The molecule has 0 aliphatic rings. The van der Waals surface area contributed by atoms with Crippen LogP contribution in [0.15, 0.2) is 19.0 Å². The molecule has 0 atom stereocenters. The van der Waals surface area contributed by atoms with Crippen molar-refractivity contribution in [3.63, 3.8) is 0 Å². The van der Waals surface area contributed by atoms with E-state index in [9.17, 15) is 0 Å². The summed E-state index contributed by atoms with van der Waals surface area (Å²) in [6.45, 7) is 4.28. The molecule has 0 radical (unpaired) electrons. The van der Waals surface area contributed by atoms with E-state index in [0.717, 1.165) is 5.65 Å². The Morgan fingerprint density at radius 3 is 3.13 bits per heavy atom. The van der Waals surface area contributed by atoms with Crippen LogP contribution in [-0.4, -0.2) is 26.6 Å². The summed E-state index contributed by atoms with van der Waals surface area (Å²) in [7, 11) is 1.56. The SMILES string of the molecule is C=CCn1c(=S)[nH]c2c(OC)ncnc21. The van der Waals surface area contributed by atoms with Crippen LogP contribution in [0.2, 0.25) is 0 Å².